The summed E-state index contributed by atoms with van der Waals surface area (Å²) in [6.07, 6.45) is 8.39. The molecule has 0 saturated heterocycles. The molecule has 0 aliphatic heterocycles. The second-order valence-electron chi connectivity index (χ2n) is 10.1. The highest BCUT2D eigenvalue weighted by atomic mass is 28.4. The van der Waals surface area contributed by atoms with Gasteiger partial charge < -0.3 is 28.0 Å². The zero-order valence-electron chi connectivity index (χ0n) is 24.6. The molecule has 0 spiro atoms. The molecular weight excluding hydrogens is 442 g/mol. The summed E-state index contributed by atoms with van der Waals surface area (Å²) < 4.78 is 18.8. The van der Waals surface area contributed by atoms with E-state index in [-0.39, 0.29) is 5.41 Å². The van der Waals surface area contributed by atoms with Crippen molar-refractivity contribution >= 4 is 8.80 Å². The summed E-state index contributed by atoms with van der Waals surface area (Å²) in [5.74, 6) is 0. The van der Waals surface area contributed by atoms with E-state index in [1.165, 1.54) is 38.5 Å². The van der Waals surface area contributed by atoms with Crippen molar-refractivity contribution in [3.8, 4) is 0 Å². The maximum atomic E-state index is 6.26. The third-order valence-electron chi connectivity index (χ3n) is 6.94. The molecule has 0 radical (unpaired) electrons. The van der Waals surface area contributed by atoms with Gasteiger partial charge in [-0.2, -0.15) is 0 Å². The van der Waals surface area contributed by atoms with Crippen LogP contribution in [-0.4, -0.2) is 104 Å². The molecule has 34 heavy (non-hydrogen) atoms. The van der Waals surface area contributed by atoms with Gasteiger partial charge in [0.05, 0.1) is 0 Å². The maximum absolute atomic E-state index is 6.26. The van der Waals surface area contributed by atoms with Gasteiger partial charge in [0.15, 0.2) is 0 Å². The van der Waals surface area contributed by atoms with Gasteiger partial charge in [0.25, 0.3) is 0 Å². The number of nitrogens with zero attached hydrogens (tertiary/aromatic N) is 3. The van der Waals surface area contributed by atoms with Gasteiger partial charge in [0.2, 0.25) is 0 Å². The average molecular weight is 504 g/mol. The molecule has 0 aliphatic carbocycles. The average Bonchev–Trinajstić information content (AvgIpc) is 2.79. The first-order valence-corrected chi connectivity index (χ1v) is 16.2. The predicted molar refractivity (Wildman–Crippen MR) is 150 cm³/mol. The van der Waals surface area contributed by atoms with Gasteiger partial charge in [-0.25, -0.2) is 0 Å². The highest BCUT2D eigenvalue weighted by Crippen LogP contribution is 2.39. The summed E-state index contributed by atoms with van der Waals surface area (Å²) >= 11 is 0. The zero-order valence-corrected chi connectivity index (χ0v) is 25.6. The third-order valence-corrected chi connectivity index (χ3v) is 9.99. The molecule has 6 nitrogen and oxygen atoms in total. The minimum absolute atomic E-state index is 0.259. The Bertz CT molecular complexity index is 413. The van der Waals surface area contributed by atoms with E-state index in [1.54, 1.807) is 0 Å². The molecular formula is C27H61N3O3Si. The maximum Gasteiger partial charge on any atom is 0.500 e. The second kappa shape index (κ2) is 20.1. The minimum atomic E-state index is -2.66. The Kier molecular flexibility index (Phi) is 20.1. The van der Waals surface area contributed by atoms with Crippen molar-refractivity contribution in [2.75, 3.05) is 80.2 Å². The zero-order chi connectivity index (χ0) is 25.9. The van der Waals surface area contributed by atoms with Gasteiger partial charge in [-0.1, -0.05) is 20.8 Å². The van der Waals surface area contributed by atoms with Crippen LogP contribution in [0.5, 0.6) is 0 Å². The summed E-state index contributed by atoms with van der Waals surface area (Å²) in [6.45, 7) is 21.9. The largest absolute Gasteiger partial charge is 0.500 e. The summed E-state index contributed by atoms with van der Waals surface area (Å²) in [5.41, 5.74) is 0.259. The fourth-order valence-electron chi connectivity index (χ4n) is 4.93. The van der Waals surface area contributed by atoms with Crippen molar-refractivity contribution < 1.29 is 13.3 Å². The summed E-state index contributed by atoms with van der Waals surface area (Å²) in [4.78, 5) is 7.54. The molecule has 0 aromatic rings. The van der Waals surface area contributed by atoms with Crippen LogP contribution in [0.1, 0.15) is 86.5 Å². The monoisotopic (exact) mass is 503 g/mol. The lowest BCUT2D eigenvalue weighted by Crippen LogP contribution is -2.47. The predicted octanol–water partition coefficient (Wildman–Crippen LogP) is 5.61. The highest BCUT2D eigenvalue weighted by Gasteiger charge is 2.43. The van der Waals surface area contributed by atoms with Crippen LogP contribution in [0.2, 0.25) is 6.04 Å². The summed E-state index contributed by atoms with van der Waals surface area (Å²) in [5, 5.41) is 0. The van der Waals surface area contributed by atoms with Crippen LogP contribution in [0.25, 0.3) is 0 Å². The Balaban J connectivity index is 5.83. The van der Waals surface area contributed by atoms with Crippen LogP contribution < -0.4 is 0 Å². The molecule has 0 bridgehead atoms. The van der Waals surface area contributed by atoms with Crippen molar-refractivity contribution in [1.82, 2.24) is 14.7 Å². The molecule has 0 rings (SSSR count). The lowest BCUT2D eigenvalue weighted by atomic mass is 9.75. The highest BCUT2D eigenvalue weighted by molar-refractivity contribution is 6.60. The van der Waals surface area contributed by atoms with Gasteiger partial charge >= 0.3 is 8.80 Å². The molecule has 0 fully saturated rings. The van der Waals surface area contributed by atoms with E-state index in [0.717, 1.165) is 51.7 Å². The van der Waals surface area contributed by atoms with E-state index < -0.39 is 8.80 Å². The van der Waals surface area contributed by atoms with Gasteiger partial charge in [0.1, 0.15) is 0 Å². The van der Waals surface area contributed by atoms with Crippen LogP contribution in [0.15, 0.2) is 0 Å². The number of rotatable bonds is 24. The summed E-state index contributed by atoms with van der Waals surface area (Å²) in [7, 11) is 4.17. The van der Waals surface area contributed by atoms with E-state index >= 15 is 0 Å². The first-order valence-electron chi connectivity index (χ1n) is 14.2. The number of hydrogen-bond acceptors (Lipinski definition) is 6. The molecule has 7 heteroatoms. The summed E-state index contributed by atoms with van der Waals surface area (Å²) in [6, 6.07) is 0.912. The molecule has 0 N–H and O–H groups in total. The lowest BCUT2D eigenvalue weighted by molar-refractivity contribution is 0.0615. The van der Waals surface area contributed by atoms with Crippen molar-refractivity contribution in [1.29, 1.82) is 0 Å². The topological polar surface area (TPSA) is 37.4 Å². The molecule has 0 atom stereocenters. The first kappa shape index (κ1) is 34.0. The van der Waals surface area contributed by atoms with Crippen LogP contribution in [0, 0.1) is 5.41 Å². The van der Waals surface area contributed by atoms with E-state index in [4.69, 9.17) is 13.3 Å². The van der Waals surface area contributed by atoms with E-state index in [2.05, 4.69) is 77.4 Å². The molecule has 0 saturated carbocycles. The Hall–Kier alpha value is -0.0231. The normalized spacial score (nSPS) is 13.1. The van der Waals surface area contributed by atoms with Crippen LogP contribution in [0.4, 0.5) is 0 Å². The smallest absolute Gasteiger partial charge is 0.374 e. The Morgan fingerprint density at radius 2 is 0.824 bits per heavy atom. The molecule has 0 unspecified atom stereocenters. The molecule has 206 valence electrons. The van der Waals surface area contributed by atoms with E-state index in [0.29, 0.717) is 19.8 Å². The minimum Gasteiger partial charge on any atom is -0.374 e. The molecule has 0 aromatic carbocycles. The van der Waals surface area contributed by atoms with Gasteiger partial charge in [-0.15, -0.1) is 0 Å². The van der Waals surface area contributed by atoms with E-state index in [9.17, 15) is 0 Å². The van der Waals surface area contributed by atoms with Gasteiger partial charge in [-0.3, -0.25) is 0 Å². The van der Waals surface area contributed by atoms with Crippen LogP contribution in [-0.2, 0) is 13.3 Å². The van der Waals surface area contributed by atoms with Crippen LogP contribution >= 0.6 is 0 Å². The Morgan fingerprint density at radius 1 is 0.500 bits per heavy atom. The van der Waals surface area contributed by atoms with Gasteiger partial charge in [-0.05, 0) is 132 Å². The molecule has 0 heterocycles. The first-order chi connectivity index (χ1) is 16.3. The quantitative estimate of drug-likeness (QED) is 0.159. The van der Waals surface area contributed by atoms with E-state index in [1.807, 2.05) is 0 Å². The van der Waals surface area contributed by atoms with Crippen LogP contribution in [0.3, 0.4) is 0 Å². The lowest BCUT2D eigenvalue weighted by Gasteiger charge is -2.40. The molecule has 0 aliphatic rings. The standard InChI is InChI=1S/C27H61N3O3Si/c1-10-20-28(7)23-16-27(17-24-29(8)21-11-2,18-25-30(9)22-12-3)19-26-34(31-13-4,32-14-5)33-15-6/h10-26H2,1-9H3. The van der Waals surface area contributed by atoms with Crippen molar-refractivity contribution in [2.24, 2.45) is 5.41 Å². The fraction of sp³-hybridized carbons (Fsp3) is 1.00. The second-order valence-corrected chi connectivity index (χ2v) is 12.9. The van der Waals surface area contributed by atoms with Crippen molar-refractivity contribution in [2.45, 2.75) is 92.5 Å². The SMILES string of the molecule is CCCN(C)CCC(CCN(C)CCC)(CCN(C)CCC)CC[Si](OCC)(OCC)OCC. The molecule has 0 aromatic heterocycles. The Morgan fingerprint density at radius 3 is 1.09 bits per heavy atom. The third kappa shape index (κ3) is 14.5. The fourth-order valence-corrected chi connectivity index (χ4v) is 7.77. The van der Waals surface area contributed by atoms with Gasteiger partial charge in [0, 0.05) is 25.9 Å². The Labute approximate surface area is 215 Å². The number of hydrogen-bond donors (Lipinski definition) is 0. The van der Waals surface area contributed by atoms with Crippen molar-refractivity contribution in [3.63, 3.8) is 0 Å². The van der Waals surface area contributed by atoms with Crippen molar-refractivity contribution in [3.05, 3.63) is 0 Å². The molecule has 0 amide bonds.